The number of hydrogen-bond acceptors (Lipinski definition) is 10. The van der Waals surface area contributed by atoms with Crippen molar-refractivity contribution in [1.29, 1.82) is 0 Å². The number of ether oxygens (including phenoxy) is 3. The summed E-state index contributed by atoms with van der Waals surface area (Å²) in [6.07, 6.45) is 5.90. The highest BCUT2D eigenvalue weighted by atomic mass is 19.4. The quantitative estimate of drug-likeness (QED) is 0.122. The summed E-state index contributed by atoms with van der Waals surface area (Å²) in [5.74, 6) is -2.23. The molecule has 1 N–H and O–H groups in total. The lowest BCUT2D eigenvalue weighted by molar-refractivity contribution is -0.192. The normalized spacial score (nSPS) is 44.8. The fourth-order valence-electron chi connectivity index (χ4n) is 20.4. The van der Waals surface area contributed by atoms with Crippen LogP contribution in [0, 0.1) is 70.0 Å². The first-order valence-electron chi connectivity index (χ1n) is 30.8. The topological polar surface area (TPSA) is 152 Å². The number of aliphatic hydroxyl groups excluding tert-OH is 1. The maximum absolute atomic E-state index is 13.7. The number of piperidine rings is 2. The predicted molar refractivity (Wildman–Crippen MR) is 286 cm³/mol. The van der Waals surface area contributed by atoms with Gasteiger partial charge in [0.2, 0.25) is 0 Å². The van der Waals surface area contributed by atoms with Crippen molar-refractivity contribution in [1.82, 2.24) is 14.9 Å². The van der Waals surface area contributed by atoms with E-state index in [-0.39, 0.29) is 72.6 Å². The predicted octanol–water partition coefficient (Wildman–Crippen LogP) is 11.8. The molecule has 9 fully saturated rings. The zero-order chi connectivity index (χ0) is 58.7. The van der Waals surface area contributed by atoms with Crippen LogP contribution in [0.5, 0.6) is 0 Å². The summed E-state index contributed by atoms with van der Waals surface area (Å²) in [6, 6.07) is -1.13. The fourth-order valence-corrected chi connectivity index (χ4v) is 20.4. The van der Waals surface area contributed by atoms with Gasteiger partial charge in [-0.25, -0.2) is 4.79 Å². The van der Waals surface area contributed by atoms with Crippen molar-refractivity contribution in [3.8, 4) is 0 Å². The molecule has 2 spiro atoms. The average Bonchev–Trinajstić information content (AvgIpc) is 1.81. The minimum Gasteiger partial charge on any atom is -0.429 e. The minimum atomic E-state index is -4.92. The van der Waals surface area contributed by atoms with Crippen molar-refractivity contribution in [2.24, 2.45) is 70.0 Å². The van der Waals surface area contributed by atoms with Crippen molar-refractivity contribution in [3.63, 3.8) is 0 Å². The molecular weight excluding hydrogens is 1070 g/mol. The molecule has 0 aromatic rings. The van der Waals surface area contributed by atoms with Crippen LogP contribution in [-0.2, 0) is 38.2 Å². The smallest absolute Gasteiger partial charge is 0.429 e. The SMILES string of the molecule is CC1=C2C[C@H]3[C@@H](CC=C4C[C@@H](O)CC[C@@]43C)[C@@H]2CC[C@]12O[C@@H]1C[C@H](C)CN(C(=O)C(F)(F)F)[C@H]1[C@H]2C.CC1=C2C[C@H]3[C@@H](CC=C4C[C@@H](OC(=O)ON5C(=O)CCC5=O)CC[C@@]43C)[C@@H]2CC[C@]12O[C@@H]1C[C@H](C)CN(C(=O)C(F)(F)F)[C@H]1[C@H]2C. The Bertz CT molecular complexity index is 2790. The highest BCUT2D eigenvalue weighted by Crippen LogP contribution is 2.68. The molecule has 4 amide bonds. The van der Waals surface area contributed by atoms with E-state index in [1.54, 1.807) is 0 Å². The van der Waals surface area contributed by atoms with E-state index < -0.39 is 77.6 Å². The Hall–Kier alpha value is -4.23. The van der Waals surface area contributed by atoms with Gasteiger partial charge >= 0.3 is 30.3 Å². The summed E-state index contributed by atoms with van der Waals surface area (Å²) in [4.78, 5) is 68.2. The largest absolute Gasteiger partial charge is 0.534 e. The lowest BCUT2D eigenvalue weighted by Crippen LogP contribution is -2.57. The molecule has 452 valence electrons. The Kier molecular flexibility index (Phi) is 14.3. The summed E-state index contributed by atoms with van der Waals surface area (Å²) >= 11 is 0. The first-order chi connectivity index (χ1) is 38.5. The van der Waals surface area contributed by atoms with E-state index >= 15 is 0 Å². The van der Waals surface area contributed by atoms with Crippen molar-refractivity contribution >= 4 is 29.8 Å². The van der Waals surface area contributed by atoms with Gasteiger partial charge in [0.1, 0.15) is 6.10 Å². The van der Waals surface area contributed by atoms with Gasteiger partial charge in [-0.2, -0.15) is 26.3 Å². The molecular formula is C63H83F6N3O10. The molecule has 8 aliphatic carbocycles. The van der Waals surface area contributed by atoms with Gasteiger partial charge in [-0.3, -0.25) is 24.0 Å². The molecule has 5 saturated heterocycles. The Morgan fingerprint density at radius 2 is 1.07 bits per heavy atom. The third-order valence-corrected chi connectivity index (χ3v) is 24.4. The zero-order valence-electron chi connectivity index (χ0n) is 48.8. The third-order valence-electron chi connectivity index (χ3n) is 24.4. The lowest BCUT2D eigenvalue weighted by atomic mass is 9.56. The molecule has 13 aliphatic rings. The van der Waals surface area contributed by atoms with E-state index in [9.17, 15) is 55.4 Å². The van der Waals surface area contributed by atoms with Gasteiger partial charge in [0, 0.05) is 44.2 Å². The Morgan fingerprint density at radius 3 is 1.52 bits per heavy atom. The number of likely N-dealkylation sites (tertiary alicyclic amines) is 2. The van der Waals surface area contributed by atoms with Gasteiger partial charge in [0.05, 0.1) is 41.6 Å². The molecule has 13 nitrogen and oxygen atoms in total. The standard InChI is InChI=1S/C34H43F3N2O7.C29H40F3NO3/c1-17-13-26-29(38(16-17)30(42)34(35,36)37)19(3)33(45-26)12-10-22-23-6-5-20-14-21(44-31(43)46-39-27(40)7-8-28(39)41)9-11-32(20,4)25(23)15-24(22)18(33)2;1-15-11-24-25(33(14-15)26(35)29(30,31)32)17(3)28(36-24)10-8-20-21-6-5-18-12-19(34)7-9-27(18,4)23(21)13-22(20)16(28)2/h5,17,19,21-23,25-26,29H,6-16H2,1-4H3;5,15,17,19-21,23-25,34H,6-14H2,1-4H3/t17-,19+,21-,22-,23-,25-,26+,29-,32-,33-;15-,17+,19-,20-,21-,23-,24+,25-,27-,28-/m00/s1. The first-order valence-corrected chi connectivity index (χ1v) is 30.8. The van der Waals surface area contributed by atoms with Crippen LogP contribution in [-0.4, -0.2) is 123 Å². The number of imide groups is 1. The van der Waals surface area contributed by atoms with Crippen LogP contribution >= 0.6 is 0 Å². The lowest BCUT2D eigenvalue weighted by Gasteiger charge is -2.49. The number of rotatable bonds is 2. The molecule has 20 atom stereocenters. The highest BCUT2D eigenvalue weighted by molar-refractivity contribution is 6.01. The van der Waals surface area contributed by atoms with Gasteiger partial charge in [-0.1, -0.05) is 81.1 Å². The van der Waals surface area contributed by atoms with Crippen molar-refractivity contribution in [2.75, 3.05) is 13.1 Å². The summed E-state index contributed by atoms with van der Waals surface area (Å²) in [5, 5.41) is 10.8. The number of hydroxylamine groups is 2. The molecule has 19 heteroatoms. The highest BCUT2D eigenvalue weighted by Gasteiger charge is 2.66. The second-order valence-corrected chi connectivity index (χ2v) is 28.3. The number of fused-ring (bicyclic) bond motifs is 12. The van der Waals surface area contributed by atoms with Crippen LogP contribution in [0.1, 0.15) is 171 Å². The number of halogens is 6. The molecule has 5 aliphatic heterocycles. The summed E-state index contributed by atoms with van der Waals surface area (Å²) in [7, 11) is 0. The molecule has 0 aromatic carbocycles. The zero-order valence-corrected chi connectivity index (χ0v) is 48.8. The number of nitrogens with zero attached hydrogens (tertiary/aromatic N) is 3. The number of carbonyl (C=O) groups is 5. The van der Waals surface area contributed by atoms with Crippen molar-refractivity contribution in [2.45, 2.75) is 231 Å². The third kappa shape index (κ3) is 9.01. The second-order valence-electron chi connectivity index (χ2n) is 28.3. The van der Waals surface area contributed by atoms with Crippen molar-refractivity contribution < 1.29 is 74.5 Å². The molecule has 0 bridgehead atoms. The Morgan fingerprint density at radius 1 is 0.634 bits per heavy atom. The molecule has 5 heterocycles. The van der Waals surface area contributed by atoms with Crippen LogP contribution < -0.4 is 0 Å². The molecule has 0 aromatic heterocycles. The summed E-state index contributed by atoms with van der Waals surface area (Å²) in [6.45, 7) is 17.0. The molecule has 13 rings (SSSR count). The average molecular weight is 1160 g/mol. The minimum absolute atomic E-state index is 0.0168. The van der Waals surface area contributed by atoms with Gasteiger partial charge in [-0.05, 0) is 179 Å². The van der Waals surface area contributed by atoms with E-state index in [0.717, 1.165) is 92.4 Å². The van der Waals surface area contributed by atoms with E-state index in [4.69, 9.17) is 19.0 Å². The van der Waals surface area contributed by atoms with Crippen LogP contribution in [0.15, 0.2) is 45.6 Å². The number of hydrogen-bond donors (Lipinski definition) is 1. The van der Waals surface area contributed by atoms with Gasteiger partial charge in [0.25, 0.3) is 11.8 Å². The molecule has 0 radical (unpaired) electrons. The van der Waals surface area contributed by atoms with Crippen LogP contribution in [0.3, 0.4) is 0 Å². The Labute approximate surface area is 477 Å². The maximum Gasteiger partial charge on any atom is 0.534 e. The number of amides is 4. The van der Waals surface area contributed by atoms with Gasteiger partial charge < -0.3 is 29.1 Å². The van der Waals surface area contributed by atoms with Crippen molar-refractivity contribution in [3.05, 3.63) is 45.6 Å². The number of carbonyl (C=O) groups excluding carboxylic acids is 5. The van der Waals surface area contributed by atoms with E-state index in [1.165, 1.54) is 27.9 Å². The van der Waals surface area contributed by atoms with Crippen LogP contribution in [0.4, 0.5) is 31.1 Å². The van der Waals surface area contributed by atoms with E-state index in [2.05, 4.69) is 39.8 Å². The van der Waals surface area contributed by atoms with Crippen LogP contribution in [0.2, 0.25) is 0 Å². The second kappa shape index (κ2) is 20.2. The van der Waals surface area contributed by atoms with Gasteiger partial charge in [0.15, 0.2) is 0 Å². The molecule has 0 unspecified atom stereocenters. The number of allylic oxidation sites excluding steroid dienone is 4. The number of alkyl halides is 6. The van der Waals surface area contributed by atoms with Gasteiger partial charge in [-0.15, -0.1) is 0 Å². The monoisotopic (exact) mass is 1160 g/mol. The van der Waals surface area contributed by atoms with E-state index in [1.807, 2.05) is 27.7 Å². The molecule has 82 heavy (non-hydrogen) atoms. The molecule has 4 saturated carbocycles. The summed E-state index contributed by atoms with van der Waals surface area (Å²) in [5.41, 5.74) is 6.72. The Balaban J connectivity index is 0.000000167. The number of aliphatic hydroxyl groups is 1. The summed E-state index contributed by atoms with van der Waals surface area (Å²) < 4.78 is 101. The van der Waals surface area contributed by atoms with E-state index in [0.29, 0.717) is 66.3 Å². The van der Waals surface area contributed by atoms with Crippen LogP contribution in [0.25, 0.3) is 0 Å². The fraction of sp³-hybridized carbons (Fsp3) is 0.794. The maximum atomic E-state index is 13.7. The first kappa shape index (κ1) is 58.2.